The molecule has 142 valence electrons. The van der Waals surface area contributed by atoms with Crippen molar-refractivity contribution in [2.45, 2.75) is 25.9 Å². The standard InChI is InChI=1S/C18H26N4O4/c1-14(23)20-19-12-17-13-22(18(24)26-17)15-4-6-16(7-5-15)25-11-10-21-8-2-3-9-21/h4-7,17,19H,2-3,8-13H2,1H3,(H,20,23)/t17-/m0/s1. The Hall–Kier alpha value is -2.32. The predicted molar refractivity (Wildman–Crippen MR) is 97.0 cm³/mol. The van der Waals surface area contributed by atoms with Crippen LogP contribution < -0.4 is 20.5 Å². The van der Waals surface area contributed by atoms with E-state index in [4.69, 9.17) is 9.47 Å². The lowest BCUT2D eigenvalue weighted by molar-refractivity contribution is -0.120. The van der Waals surface area contributed by atoms with Crippen molar-refractivity contribution < 1.29 is 19.1 Å². The Morgan fingerprint density at radius 3 is 2.69 bits per heavy atom. The number of hydrogen-bond donors (Lipinski definition) is 2. The number of benzene rings is 1. The van der Waals surface area contributed by atoms with Crippen molar-refractivity contribution in [1.82, 2.24) is 15.8 Å². The second-order valence-electron chi connectivity index (χ2n) is 6.57. The summed E-state index contributed by atoms with van der Waals surface area (Å²) in [5.74, 6) is 0.607. The summed E-state index contributed by atoms with van der Waals surface area (Å²) >= 11 is 0. The van der Waals surface area contributed by atoms with E-state index in [1.54, 1.807) is 4.90 Å². The predicted octanol–water partition coefficient (Wildman–Crippen LogP) is 1.13. The third-order valence-corrected chi connectivity index (χ3v) is 4.49. The number of hydrogen-bond acceptors (Lipinski definition) is 6. The van der Waals surface area contributed by atoms with Crippen molar-refractivity contribution in [3.8, 4) is 5.75 Å². The molecule has 2 aliphatic rings. The third-order valence-electron chi connectivity index (χ3n) is 4.49. The number of ether oxygens (including phenoxy) is 2. The van der Waals surface area contributed by atoms with Gasteiger partial charge in [0.05, 0.1) is 13.1 Å². The molecule has 0 aliphatic carbocycles. The quantitative estimate of drug-likeness (QED) is 0.675. The van der Waals surface area contributed by atoms with Crippen LogP contribution in [-0.4, -0.2) is 62.3 Å². The summed E-state index contributed by atoms with van der Waals surface area (Å²) in [6.07, 6.45) is 1.86. The van der Waals surface area contributed by atoms with Crippen LogP contribution in [0.5, 0.6) is 5.75 Å². The Labute approximate surface area is 153 Å². The first kappa shape index (κ1) is 18.5. The lowest BCUT2D eigenvalue weighted by atomic mass is 10.2. The molecule has 2 saturated heterocycles. The van der Waals surface area contributed by atoms with Crippen molar-refractivity contribution in [1.29, 1.82) is 0 Å². The zero-order chi connectivity index (χ0) is 18.4. The number of nitrogens with zero attached hydrogens (tertiary/aromatic N) is 2. The second kappa shape index (κ2) is 8.86. The van der Waals surface area contributed by atoms with Gasteiger partial charge in [0.25, 0.3) is 0 Å². The highest BCUT2D eigenvalue weighted by molar-refractivity contribution is 5.89. The van der Waals surface area contributed by atoms with Crippen LogP contribution in [0.1, 0.15) is 19.8 Å². The van der Waals surface area contributed by atoms with E-state index in [1.165, 1.54) is 19.8 Å². The van der Waals surface area contributed by atoms with Crippen LogP contribution in [0.15, 0.2) is 24.3 Å². The molecular formula is C18H26N4O4. The van der Waals surface area contributed by atoms with Crippen molar-refractivity contribution in [2.75, 3.05) is 44.2 Å². The molecule has 2 N–H and O–H groups in total. The molecule has 0 unspecified atom stereocenters. The molecule has 1 atom stereocenters. The van der Waals surface area contributed by atoms with Gasteiger partial charge in [-0.25, -0.2) is 10.2 Å². The molecule has 8 heteroatoms. The smallest absolute Gasteiger partial charge is 0.414 e. The maximum atomic E-state index is 12.0. The van der Waals surface area contributed by atoms with E-state index in [0.717, 1.165) is 31.1 Å². The number of anilines is 1. The Balaban J connectivity index is 1.45. The van der Waals surface area contributed by atoms with Crippen LogP contribution in [0.25, 0.3) is 0 Å². The van der Waals surface area contributed by atoms with Crippen LogP contribution >= 0.6 is 0 Å². The molecule has 2 heterocycles. The molecule has 0 saturated carbocycles. The van der Waals surface area contributed by atoms with Gasteiger partial charge in [0.15, 0.2) is 0 Å². The van der Waals surface area contributed by atoms with Crippen LogP contribution in [0.3, 0.4) is 0 Å². The SMILES string of the molecule is CC(=O)NNC[C@H]1CN(c2ccc(OCCN3CCCC3)cc2)C(=O)O1. The largest absolute Gasteiger partial charge is 0.492 e. The van der Waals surface area contributed by atoms with E-state index < -0.39 is 0 Å². The summed E-state index contributed by atoms with van der Waals surface area (Å²) in [5.41, 5.74) is 5.99. The Morgan fingerprint density at radius 1 is 1.27 bits per heavy atom. The zero-order valence-corrected chi connectivity index (χ0v) is 15.1. The van der Waals surface area contributed by atoms with E-state index in [-0.39, 0.29) is 18.1 Å². The average Bonchev–Trinajstić information content (AvgIpc) is 3.25. The fourth-order valence-corrected chi connectivity index (χ4v) is 3.15. The van der Waals surface area contributed by atoms with Crippen molar-refractivity contribution >= 4 is 17.7 Å². The highest BCUT2D eigenvalue weighted by Crippen LogP contribution is 2.24. The zero-order valence-electron chi connectivity index (χ0n) is 15.1. The number of cyclic esters (lactones) is 1. The number of amides is 2. The summed E-state index contributed by atoms with van der Waals surface area (Å²) in [7, 11) is 0. The van der Waals surface area contributed by atoms with Gasteiger partial charge in [-0.2, -0.15) is 0 Å². The maximum Gasteiger partial charge on any atom is 0.414 e. The fourth-order valence-electron chi connectivity index (χ4n) is 3.15. The maximum absolute atomic E-state index is 12.0. The molecule has 2 aliphatic heterocycles. The lowest BCUT2D eigenvalue weighted by Crippen LogP contribution is -2.41. The highest BCUT2D eigenvalue weighted by atomic mass is 16.6. The molecule has 0 radical (unpaired) electrons. The van der Waals surface area contributed by atoms with Gasteiger partial charge in [0, 0.05) is 19.2 Å². The number of rotatable bonds is 8. The van der Waals surface area contributed by atoms with Crippen LogP contribution in [-0.2, 0) is 9.53 Å². The minimum atomic E-state index is -0.387. The van der Waals surface area contributed by atoms with E-state index in [9.17, 15) is 9.59 Å². The van der Waals surface area contributed by atoms with Crippen molar-refractivity contribution in [3.05, 3.63) is 24.3 Å². The van der Waals surface area contributed by atoms with Crippen LogP contribution in [0, 0.1) is 0 Å². The molecule has 26 heavy (non-hydrogen) atoms. The van der Waals surface area contributed by atoms with Gasteiger partial charge in [-0.3, -0.25) is 20.0 Å². The topological polar surface area (TPSA) is 83.1 Å². The highest BCUT2D eigenvalue weighted by Gasteiger charge is 2.32. The molecule has 0 aromatic heterocycles. The molecule has 1 aromatic carbocycles. The number of hydrazine groups is 1. The molecule has 0 spiro atoms. The first-order chi connectivity index (χ1) is 12.6. The van der Waals surface area contributed by atoms with Gasteiger partial charge in [0.1, 0.15) is 18.5 Å². The number of likely N-dealkylation sites (tertiary alicyclic amines) is 1. The monoisotopic (exact) mass is 362 g/mol. The lowest BCUT2D eigenvalue weighted by Gasteiger charge is -2.16. The van der Waals surface area contributed by atoms with Crippen molar-refractivity contribution in [2.24, 2.45) is 0 Å². The van der Waals surface area contributed by atoms with E-state index in [1.807, 2.05) is 24.3 Å². The summed E-state index contributed by atoms with van der Waals surface area (Å²) < 4.78 is 11.1. The summed E-state index contributed by atoms with van der Waals surface area (Å²) in [6, 6.07) is 7.46. The van der Waals surface area contributed by atoms with Gasteiger partial charge in [-0.15, -0.1) is 0 Å². The summed E-state index contributed by atoms with van der Waals surface area (Å²) in [4.78, 5) is 26.9. The molecule has 2 fully saturated rings. The number of carbonyl (C=O) groups is 2. The van der Waals surface area contributed by atoms with Crippen LogP contribution in [0.4, 0.5) is 10.5 Å². The van der Waals surface area contributed by atoms with E-state index in [2.05, 4.69) is 15.8 Å². The minimum absolute atomic E-state index is 0.188. The van der Waals surface area contributed by atoms with Gasteiger partial charge in [-0.1, -0.05) is 0 Å². The molecule has 1 aromatic rings. The normalized spacial score (nSPS) is 20.3. The number of carbonyl (C=O) groups excluding carboxylic acids is 2. The Morgan fingerprint density at radius 2 is 2.00 bits per heavy atom. The van der Waals surface area contributed by atoms with Crippen LogP contribution in [0.2, 0.25) is 0 Å². The van der Waals surface area contributed by atoms with Gasteiger partial charge >= 0.3 is 6.09 Å². The van der Waals surface area contributed by atoms with Gasteiger partial charge < -0.3 is 9.47 Å². The second-order valence-corrected chi connectivity index (χ2v) is 6.57. The Bertz CT molecular complexity index is 616. The van der Waals surface area contributed by atoms with Crippen molar-refractivity contribution in [3.63, 3.8) is 0 Å². The summed E-state index contributed by atoms with van der Waals surface area (Å²) in [5, 5.41) is 0. The molecule has 0 bridgehead atoms. The third kappa shape index (κ3) is 5.09. The van der Waals surface area contributed by atoms with E-state index >= 15 is 0 Å². The van der Waals surface area contributed by atoms with Gasteiger partial charge in [-0.05, 0) is 50.2 Å². The first-order valence-corrected chi connectivity index (χ1v) is 9.04. The van der Waals surface area contributed by atoms with Gasteiger partial charge in [0.2, 0.25) is 5.91 Å². The van der Waals surface area contributed by atoms with E-state index in [0.29, 0.717) is 19.7 Å². The molecular weight excluding hydrogens is 336 g/mol. The minimum Gasteiger partial charge on any atom is -0.492 e. The molecule has 2 amide bonds. The first-order valence-electron chi connectivity index (χ1n) is 9.04. The molecule has 3 rings (SSSR count). The molecule has 8 nitrogen and oxygen atoms in total. The number of nitrogens with one attached hydrogen (secondary N) is 2. The average molecular weight is 362 g/mol. The summed E-state index contributed by atoms with van der Waals surface area (Å²) in [6.45, 7) is 6.15. The fraction of sp³-hybridized carbons (Fsp3) is 0.556. The Kier molecular flexibility index (Phi) is 6.30.